The van der Waals surface area contributed by atoms with Crippen LogP contribution >= 0.6 is 0 Å². The Morgan fingerprint density at radius 2 is 2.00 bits per heavy atom. The van der Waals surface area contributed by atoms with Crippen LogP contribution in [0.2, 0.25) is 0 Å². The van der Waals surface area contributed by atoms with Crippen molar-refractivity contribution in [1.29, 1.82) is 0 Å². The summed E-state index contributed by atoms with van der Waals surface area (Å²) >= 11 is 0. The average molecular weight is 241 g/mol. The monoisotopic (exact) mass is 241 g/mol. The molecule has 0 aliphatic carbocycles. The predicted octanol–water partition coefficient (Wildman–Crippen LogP) is 2.26. The van der Waals surface area contributed by atoms with Gasteiger partial charge in [0.2, 0.25) is 0 Å². The molecule has 1 heterocycles. The lowest BCUT2D eigenvalue weighted by Crippen LogP contribution is -2.26. The molecule has 2 nitrogen and oxygen atoms in total. The topological polar surface area (TPSA) is 35.2 Å². The van der Waals surface area contributed by atoms with E-state index in [1.165, 1.54) is 12.1 Å². The molecule has 1 saturated heterocycles. The van der Waals surface area contributed by atoms with E-state index < -0.39 is 11.6 Å². The summed E-state index contributed by atoms with van der Waals surface area (Å²) in [5.74, 6) is -0.601. The first-order chi connectivity index (χ1) is 8.13. The lowest BCUT2D eigenvalue weighted by molar-refractivity contribution is 0.182. The Bertz CT molecular complexity index is 357. The highest BCUT2D eigenvalue weighted by Gasteiger charge is 2.19. The highest BCUT2D eigenvalue weighted by Crippen LogP contribution is 2.19. The summed E-state index contributed by atoms with van der Waals surface area (Å²) in [4.78, 5) is 0. The fraction of sp³-hybridized carbons (Fsp3) is 0.538. The van der Waals surface area contributed by atoms with Gasteiger partial charge in [0.15, 0.2) is 0 Å². The summed E-state index contributed by atoms with van der Waals surface area (Å²) in [6.07, 6.45) is 2.38. The zero-order valence-corrected chi connectivity index (χ0v) is 9.66. The fourth-order valence-electron chi connectivity index (χ4n) is 2.31. The Morgan fingerprint density at radius 3 is 2.59 bits per heavy atom. The average Bonchev–Trinajstić information content (AvgIpc) is 2.67. The van der Waals surface area contributed by atoms with Crippen LogP contribution in [0.1, 0.15) is 18.4 Å². The molecule has 0 bridgehead atoms. The van der Waals surface area contributed by atoms with E-state index in [1.807, 2.05) is 0 Å². The third-order valence-corrected chi connectivity index (χ3v) is 3.08. The van der Waals surface area contributed by atoms with Gasteiger partial charge in [0, 0.05) is 25.3 Å². The summed E-state index contributed by atoms with van der Waals surface area (Å²) in [6.45, 7) is 1.55. The Hall–Kier alpha value is -1.00. The second-order valence-corrected chi connectivity index (χ2v) is 4.71. The molecule has 1 aromatic rings. The Kier molecular flexibility index (Phi) is 4.07. The number of nitrogens with two attached hydrogens (primary N) is 1. The summed E-state index contributed by atoms with van der Waals surface area (Å²) in [5, 5.41) is 0. The molecule has 2 atom stereocenters. The minimum absolute atomic E-state index is 0.0668. The van der Waals surface area contributed by atoms with E-state index in [1.54, 1.807) is 0 Å². The van der Waals surface area contributed by atoms with Crippen molar-refractivity contribution in [3.8, 4) is 0 Å². The van der Waals surface area contributed by atoms with E-state index in [9.17, 15) is 8.78 Å². The number of hydrogen-bond donors (Lipinski definition) is 1. The van der Waals surface area contributed by atoms with Gasteiger partial charge in [0.1, 0.15) is 11.6 Å². The van der Waals surface area contributed by atoms with E-state index in [4.69, 9.17) is 10.5 Å². The molecule has 94 valence electrons. The van der Waals surface area contributed by atoms with Crippen LogP contribution in [-0.2, 0) is 11.2 Å². The molecule has 0 spiro atoms. The number of rotatable bonds is 4. The Balaban J connectivity index is 1.90. The van der Waals surface area contributed by atoms with Crippen LogP contribution in [0.25, 0.3) is 0 Å². The van der Waals surface area contributed by atoms with Gasteiger partial charge in [-0.25, -0.2) is 8.78 Å². The molecule has 0 saturated carbocycles. The number of ether oxygens (including phenoxy) is 1. The minimum atomic E-state index is -0.545. The molecule has 1 aliphatic rings. The van der Waals surface area contributed by atoms with Crippen LogP contribution in [0, 0.1) is 17.6 Å². The summed E-state index contributed by atoms with van der Waals surface area (Å²) < 4.78 is 31.2. The zero-order valence-electron chi connectivity index (χ0n) is 9.66. The first kappa shape index (κ1) is 12.5. The smallest absolute Gasteiger partial charge is 0.126 e. The molecule has 0 radical (unpaired) electrons. The predicted molar refractivity (Wildman–Crippen MR) is 61.6 cm³/mol. The largest absolute Gasteiger partial charge is 0.381 e. The molecule has 2 unspecified atom stereocenters. The normalized spacial score (nSPS) is 21.7. The zero-order chi connectivity index (χ0) is 12.3. The highest BCUT2D eigenvalue weighted by molar-refractivity contribution is 5.18. The Morgan fingerprint density at radius 1 is 1.29 bits per heavy atom. The van der Waals surface area contributed by atoms with Crippen molar-refractivity contribution in [1.82, 2.24) is 0 Å². The standard InChI is InChI=1S/C13H17F2NO/c14-11-3-10(4-12(15)7-11)6-13(16)5-9-1-2-17-8-9/h3-4,7,9,13H,1-2,5-6,8,16H2. The summed E-state index contributed by atoms with van der Waals surface area (Å²) in [6, 6.07) is 3.49. The third-order valence-electron chi connectivity index (χ3n) is 3.08. The van der Waals surface area contributed by atoms with Crippen LogP contribution in [0.5, 0.6) is 0 Å². The van der Waals surface area contributed by atoms with Crippen molar-refractivity contribution in [3.05, 3.63) is 35.4 Å². The van der Waals surface area contributed by atoms with Crippen molar-refractivity contribution in [2.75, 3.05) is 13.2 Å². The van der Waals surface area contributed by atoms with Gasteiger partial charge < -0.3 is 10.5 Å². The van der Waals surface area contributed by atoms with Crippen molar-refractivity contribution in [2.24, 2.45) is 11.7 Å². The van der Waals surface area contributed by atoms with Crippen LogP contribution in [0.3, 0.4) is 0 Å². The van der Waals surface area contributed by atoms with Gasteiger partial charge in [-0.05, 0) is 42.9 Å². The summed E-state index contributed by atoms with van der Waals surface area (Å²) in [7, 11) is 0. The van der Waals surface area contributed by atoms with Gasteiger partial charge in [-0.15, -0.1) is 0 Å². The van der Waals surface area contributed by atoms with Gasteiger partial charge in [0.05, 0.1) is 0 Å². The molecule has 0 aromatic heterocycles. The van der Waals surface area contributed by atoms with Crippen LogP contribution < -0.4 is 5.73 Å². The van der Waals surface area contributed by atoms with E-state index in [0.29, 0.717) is 17.9 Å². The van der Waals surface area contributed by atoms with Gasteiger partial charge >= 0.3 is 0 Å². The molecule has 0 amide bonds. The van der Waals surface area contributed by atoms with Crippen LogP contribution in [0.4, 0.5) is 8.78 Å². The molecule has 17 heavy (non-hydrogen) atoms. The third kappa shape index (κ3) is 3.75. The second kappa shape index (κ2) is 5.56. The minimum Gasteiger partial charge on any atom is -0.381 e. The molecule has 2 N–H and O–H groups in total. The molecule has 1 fully saturated rings. The van der Waals surface area contributed by atoms with Crippen molar-refractivity contribution in [3.63, 3.8) is 0 Å². The number of hydrogen-bond acceptors (Lipinski definition) is 2. The van der Waals surface area contributed by atoms with Gasteiger partial charge in [-0.2, -0.15) is 0 Å². The van der Waals surface area contributed by atoms with Gasteiger partial charge in [-0.1, -0.05) is 0 Å². The molecule has 1 aliphatic heterocycles. The lowest BCUT2D eigenvalue weighted by atomic mass is 9.95. The van der Waals surface area contributed by atoms with E-state index in [-0.39, 0.29) is 6.04 Å². The van der Waals surface area contributed by atoms with E-state index >= 15 is 0 Å². The SMILES string of the molecule is NC(Cc1cc(F)cc(F)c1)CC1CCOC1. The first-order valence-corrected chi connectivity index (χ1v) is 5.92. The molecular formula is C13H17F2NO. The number of halogens is 2. The second-order valence-electron chi connectivity index (χ2n) is 4.71. The Labute approximate surface area is 99.8 Å². The van der Waals surface area contributed by atoms with Crippen molar-refractivity contribution < 1.29 is 13.5 Å². The maximum Gasteiger partial charge on any atom is 0.126 e. The molecule has 4 heteroatoms. The number of benzene rings is 1. The quantitative estimate of drug-likeness (QED) is 0.877. The highest BCUT2D eigenvalue weighted by atomic mass is 19.1. The van der Waals surface area contributed by atoms with Crippen LogP contribution in [0.15, 0.2) is 18.2 Å². The van der Waals surface area contributed by atoms with Gasteiger partial charge in [0.25, 0.3) is 0 Å². The van der Waals surface area contributed by atoms with E-state index in [2.05, 4.69) is 0 Å². The molecule has 1 aromatic carbocycles. The molecule has 2 rings (SSSR count). The fourth-order valence-corrected chi connectivity index (χ4v) is 2.31. The van der Waals surface area contributed by atoms with Crippen molar-refractivity contribution >= 4 is 0 Å². The van der Waals surface area contributed by atoms with Gasteiger partial charge in [-0.3, -0.25) is 0 Å². The lowest BCUT2D eigenvalue weighted by Gasteiger charge is -2.15. The maximum atomic E-state index is 13.0. The van der Waals surface area contributed by atoms with E-state index in [0.717, 1.165) is 32.1 Å². The first-order valence-electron chi connectivity index (χ1n) is 5.92. The summed E-state index contributed by atoms with van der Waals surface area (Å²) in [5.41, 5.74) is 6.60. The molecular weight excluding hydrogens is 224 g/mol. The maximum absolute atomic E-state index is 13.0. The van der Waals surface area contributed by atoms with Crippen molar-refractivity contribution in [2.45, 2.75) is 25.3 Å². The van der Waals surface area contributed by atoms with Crippen LogP contribution in [-0.4, -0.2) is 19.3 Å².